The second-order valence-corrected chi connectivity index (χ2v) is 3.56. The number of ether oxygens (including phenoxy) is 1. The number of nitrogens with zero attached hydrogens (tertiary/aromatic N) is 1. The maximum absolute atomic E-state index is 11.5. The van der Waals surface area contributed by atoms with Gasteiger partial charge >= 0.3 is 5.97 Å². The van der Waals surface area contributed by atoms with Gasteiger partial charge in [0.1, 0.15) is 0 Å². The van der Waals surface area contributed by atoms with Gasteiger partial charge in [-0.1, -0.05) is 12.5 Å². The van der Waals surface area contributed by atoms with Gasteiger partial charge in [-0.3, -0.25) is 4.79 Å². The molecule has 4 nitrogen and oxygen atoms in total. The Morgan fingerprint density at radius 3 is 3.00 bits per heavy atom. The van der Waals surface area contributed by atoms with Crippen LogP contribution < -0.4 is 0 Å². The minimum atomic E-state index is -0.394. The second-order valence-electron chi connectivity index (χ2n) is 3.56. The highest BCUT2D eigenvalue weighted by Crippen LogP contribution is 2.10. The molecule has 1 aliphatic heterocycles. The van der Waals surface area contributed by atoms with Crippen LogP contribution in [-0.4, -0.2) is 30.1 Å². The summed E-state index contributed by atoms with van der Waals surface area (Å²) in [4.78, 5) is 24.1. The lowest BCUT2D eigenvalue weighted by atomic mass is 10.2. The highest BCUT2D eigenvalue weighted by molar-refractivity contribution is 5.82. The SMILES string of the molecule is C/C=C/C(=O)OCN1CCCCCC1=O. The highest BCUT2D eigenvalue weighted by Gasteiger charge is 2.16. The van der Waals surface area contributed by atoms with Crippen molar-refractivity contribution in [3.8, 4) is 0 Å². The van der Waals surface area contributed by atoms with Crippen LogP contribution in [0.25, 0.3) is 0 Å². The summed E-state index contributed by atoms with van der Waals surface area (Å²) >= 11 is 0. The minimum absolute atomic E-state index is 0.0841. The van der Waals surface area contributed by atoms with Crippen molar-refractivity contribution in [3.63, 3.8) is 0 Å². The normalized spacial score (nSPS) is 17.9. The number of likely N-dealkylation sites (tertiary alicyclic amines) is 1. The predicted molar refractivity (Wildman–Crippen MR) is 56.0 cm³/mol. The molecule has 1 aliphatic rings. The van der Waals surface area contributed by atoms with E-state index in [4.69, 9.17) is 4.74 Å². The number of amides is 1. The van der Waals surface area contributed by atoms with E-state index in [-0.39, 0.29) is 12.6 Å². The Hall–Kier alpha value is -1.32. The average Bonchev–Trinajstić information content (AvgIpc) is 2.41. The molecular formula is C11H17NO3. The molecule has 1 heterocycles. The predicted octanol–water partition coefficient (Wildman–Crippen LogP) is 1.47. The lowest BCUT2D eigenvalue weighted by molar-refractivity contribution is -0.148. The van der Waals surface area contributed by atoms with Gasteiger partial charge < -0.3 is 9.64 Å². The first-order chi connectivity index (χ1) is 7.24. The summed E-state index contributed by atoms with van der Waals surface area (Å²) in [6.45, 7) is 2.53. The topological polar surface area (TPSA) is 46.6 Å². The van der Waals surface area contributed by atoms with Gasteiger partial charge in [0.05, 0.1) is 0 Å². The number of allylic oxidation sites excluding steroid dienone is 1. The summed E-state index contributed by atoms with van der Waals surface area (Å²) in [7, 11) is 0. The van der Waals surface area contributed by atoms with Crippen LogP contribution in [0.15, 0.2) is 12.2 Å². The molecule has 0 unspecified atom stereocenters. The summed E-state index contributed by atoms with van der Waals surface area (Å²) in [6, 6.07) is 0. The standard InChI is InChI=1S/C11H17NO3/c1-2-6-11(14)15-9-12-8-5-3-4-7-10(12)13/h2,6H,3-5,7-9H2,1H3/b6-2+. The van der Waals surface area contributed by atoms with Crippen molar-refractivity contribution in [2.24, 2.45) is 0 Å². The van der Waals surface area contributed by atoms with Gasteiger partial charge in [-0.2, -0.15) is 0 Å². The quantitative estimate of drug-likeness (QED) is 0.524. The van der Waals surface area contributed by atoms with E-state index in [0.29, 0.717) is 13.0 Å². The Labute approximate surface area is 89.9 Å². The van der Waals surface area contributed by atoms with Gasteiger partial charge in [-0.15, -0.1) is 0 Å². The zero-order valence-corrected chi connectivity index (χ0v) is 9.07. The van der Waals surface area contributed by atoms with Crippen LogP contribution in [-0.2, 0) is 14.3 Å². The van der Waals surface area contributed by atoms with E-state index < -0.39 is 5.97 Å². The summed E-state index contributed by atoms with van der Waals surface area (Å²) in [6.07, 6.45) is 6.55. The third-order valence-electron chi connectivity index (χ3n) is 2.34. The van der Waals surface area contributed by atoms with Gasteiger partial charge in [-0.05, 0) is 19.8 Å². The summed E-state index contributed by atoms with van der Waals surface area (Å²) in [5.41, 5.74) is 0. The van der Waals surface area contributed by atoms with E-state index >= 15 is 0 Å². The van der Waals surface area contributed by atoms with Crippen molar-refractivity contribution in [2.45, 2.75) is 32.6 Å². The van der Waals surface area contributed by atoms with Gasteiger partial charge in [0, 0.05) is 19.0 Å². The molecule has 0 aromatic carbocycles. The Morgan fingerprint density at radius 2 is 2.27 bits per heavy atom. The fraction of sp³-hybridized carbons (Fsp3) is 0.636. The Balaban J connectivity index is 2.35. The molecule has 1 amide bonds. The monoisotopic (exact) mass is 211 g/mol. The van der Waals surface area contributed by atoms with Crippen LogP contribution in [0, 0.1) is 0 Å². The van der Waals surface area contributed by atoms with Gasteiger partial charge in [0.15, 0.2) is 6.73 Å². The van der Waals surface area contributed by atoms with Crippen LogP contribution >= 0.6 is 0 Å². The number of esters is 1. The summed E-state index contributed by atoms with van der Waals surface area (Å²) in [5.74, 6) is -0.310. The number of rotatable bonds is 3. The largest absolute Gasteiger partial charge is 0.441 e. The molecule has 0 atom stereocenters. The molecular weight excluding hydrogens is 194 g/mol. The molecule has 0 saturated carbocycles. The zero-order chi connectivity index (χ0) is 11.1. The van der Waals surface area contributed by atoms with Crippen molar-refractivity contribution in [3.05, 3.63) is 12.2 Å². The van der Waals surface area contributed by atoms with Crippen LogP contribution in [0.4, 0.5) is 0 Å². The lowest BCUT2D eigenvalue weighted by Crippen LogP contribution is -2.33. The van der Waals surface area contributed by atoms with Crippen molar-refractivity contribution >= 4 is 11.9 Å². The Morgan fingerprint density at radius 1 is 1.47 bits per heavy atom. The molecule has 1 rings (SSSR count). The third kappa shape index (κ3) is 4.14. The number of carbonyl (C=O) groups excluding carboxylic acids is 2. The van der Waals surface area contributed by atoms with Gasteiger partial charge in [0.2, 0.25) is 5.91 Å². The molecule has 84 valence electrons. The lowest BCUT2D eigenvalue weighted by Gasteiger charge is -2.19. The summed E-state index contributed by atoms with van der Waals surface area (Å²) < 4.78 is 4.93. The van der Waals surface area contributed by atoms with Crippen molar-refractivity contribution < 1.29 is 14.3 Å². The van der Waals surface area contributed by atoms with Crippen LogP contribution in [0.3, 0.4) is 0 Å². The van der Waals surface area contributed by atoms with Crippen molar-refractivity contribution in [1.82, 2.24) is 4.90 Å². The molecule has 0 radical (unpaired) electrons. The van der Waals surface area contributed by atoms with E-state index in [1.807, 2.05) is 0 Å². The number of carbonyl (C=O) groups is 2. The first-order valence-corrected chi connectivity index (χ1v) is 5.31. The fourth-order valence-electron chi connectivity index (χ4n) is 1.50. The molecule has 1 saturated heterocycles. The Bertz CT molecular complexity index is 261. The summed E-state index contributed by atoms with van der Waals surface area (Å²) in [5, 5.41) is 0. The van der Waals surface area contributed by atoms with E-state index in [1.165, 1.54) is 6.08 Å². The first kappa shape index (κ1) is 11.8. The van der Waals surface area contributed by atoms with Gasteiger partial charge in [0.25, 0.3) is 0 Å². The van der Waals surface area contributed by atoms with E-state index in [0.717, 1.165) is 19.3 Å². The van der Waals surface area contributed by atoms with E-state index in [2.05, 4.69) is 0 Å². The van der Waals surface area contributed by atoms with Crippen molar-refractivity contribution in [2.75, 3.05) is 13.3 Å². The van der Waals surface area contributed by atoms with Crippen LogP contribution in [0.1, 0.15) is 32.6 Å². The smallest absolute Gasteiger partial charge is 0.332 e. The molecule has 15 heavy (non-hydrogen) atoms. The van der Waals surface area contributed by atoms with Gasteiger partial charge in [-0.25, -0.2) is 4.79 Å². The molecule has 4 heteroatoms. The molecule has 1 fully saturated rings. The zero-order valence-electron chi connectivity index (χ0n) is 9.07. The molecule has 0 N–H and O–H groups in total. The highest BCUT2D eigenvalue weighted by atomic mass is 16.5. The molecule has 0 spiro atoms. The molecule has 0 aliphatic carbocycles. The Kier molecular flexibility index (Phi) is 4.87. The third-order valence-corrected chi connectivity index (χ3v) is 2.34. The molecule has 0 bridgehead atoms. The molecule has 0 aromatic rings. The number of hydrogen-bond acceptors (Lipinski definition) is 3. The second kappa shape index (κ2) is 6.22. The van der Waals surface area contributed by atoms with E-state index in [9.17, 15) is 9.59 Å². The minimum Gasteiger partial charge on any atom is -0.441 e. The number of hydrogen-bond donors (Lipinski definition) is 0. The van der Waals surface area contributed by atoms with Crippen molar-refractivity contribution in [1.29, 1.82) is 0 Å². The van der Waals surface area contributed by atoms with Crippen LogP contribution in [0.2, 0.25) is 0 Å². The van der Waals surface area contributed by atoms with Crippen LogP contribution in [0.5, 0.6) is 0 Å². The first-order valence-electron chi connectivity index (χ1n) is 5.31. The maximum atomic E-state index is 11.5. The maximum Gasteiger partial charge on any atom is 0.332 e. The molecule has 0 aromatic heterocycles. The van der Waals surface area contributed by atoms with E-state index in [1.54, 1.807) is 17.9 Å². The average molecular weight is 211 g/mol. The fourth-order valence-corrected chi connectivity index (χ4v) is 1.50.